The lowest BCUT2D eigenvalue weighted by atomic mass is 10.1. The van der Waals surface area contributed by atoms with Gasteiger partial charge in [-0.05, 0) is 36.8 Å². The molecule has 0 saturated carbocycles. The molecule has 2 rings (SSSR count). The monoisotopic (exact) mass is 365 g/mol. The molecule has 0 bridgehead atoms. The fourth-order valence-corrected chi connectivity index (χ4v) is 2.14. The van der Waals surface area contributed by atoms with Gasteiger partial charge in [-0.2, -0.15) is 0 Å². The van der Waals surface area contributed by atoms with Crippen LogP contribution in [-0.4, -0.2) is 28.8 Å². The second-order valence-corrected chi connectivity index (χ2v) is 6.06. The summed E-state index contributed by atoms with van der Waals surface area (Å²) >= 11 is 0. The van der Waals surface area contributed by atoms with Crippen molar-refractivity contribution in [2.24, 2.45) is 0 Å². The Hall–Kier alpha value is -2.08. The SMILES string of the molecule is Cc1ccc(C(=O)Oc2ccc(C(O)CNC(C)C)cc2O)cc1.Cl. The topological polar surface area (TPSA) is 78.8 Å². The van der Waals surface area contributed by atoms with Crippen LogP contribution in [0.3, 0.4) is 0 Å². The Kier molecular flexibility index (Phi) is 7.90. The van der Waals surface area contributed by atoms with Gasteiger partial charge in [0, 0.05) is 12.6 Å². The van der Waals surface area contributed by atoms with Gasteiger partial charge in [-0.1, -0.05) is 37.6 Å². The molecule has 1 atom stereocenters. The largest absolute Gasteiger partial charge is 0.504 e. The Morgan fingerprint density at radius 1 is 1.16 bits per heavy atom. The summed E-state index contributed by atoms with van der Waals surface area (Å²) in [6, 6.07) is 11.7. The van der Waals surface area contributed by atoms with E-state index in [9.17, 15) is 15.0 Å². The molecule has 0 radical (unpaired) electrons. The van der Waals surface area contributed by atoms with Gasteiger partial charge in [-0.15, -0.1) is 12.4 Å². The third kappa shape index (κ3) is 6.05. The number of esters is 1. The van der Waals surface area contributed by atoms with Crippen LogP contribution in [0.4, 0.5) is 0 Å². The molecule has 25 heavy (non-hydrogen) atoms. The van der Waals surface area contributed by atoms with Crippen LogP contribution in [0.1, 0.15) is 41.4 Å². The molecule has 0 aliphatic carbocycles. The van der Waals surface area contributed by atoms with E-state index in [1.54, 1.807) is 18.2 Å². The molecule has 136 valence electrons. The van der Waals surface area contributed by atoms with Crippen molar-refractivity contribution in [1.29, 1.82) is 0 Å². The number of rotatable bonds is 6. The Morgan fingerprint density at radius 3 is 2.36 bits per heavy atom. The molecule has 0 amide bonds. The van der Waals surface area contributed by atoms with Gasteiger partial charge in [0.1, 0.15) is 0 Å². The van der Waals surface area contributed by atoms with Gasteiger partial charge >= 0.3 is 5.97 Å². The van der Waals surface area contributed by atoms with Gasteiger partial charge in [0.05, 0.1) is 11.7 Å². The number of aromatic hydroxyl groups is 1. The maximum atomic E-state index is 12.1. The fraction of sp³-hybridized carbons (Fsp3) is 0.316. The standard InChI is InChI=1S/C19H23NO4.ClH/c1-12(2)20-11-17(22)15-8-9-18(16(21)10-15)24-19(23)14-6-4-13(3)5-7-14;/h4-10,12,17,20-22H,11H2,1-3H3;1H. The summed E-state index contributed by atoms with van der Waals surface area (Å²) in [5.41, 5.74) is 2.00. The van der Waals surface area contributed by atoms with Crippen LogP contribution in [0.15, 0.2) is 42.5 Å². The number of ether oxygens (including phenoxy) is 1. The number of benzene rings is 2. The van der Waals surface area contributed by atoms with Crippen LogP contribution >= 0.6 is 12.4 Å². The van der Waals surface area contributed by atoms with Crippen LogP contribution in [0.25, 0.3) is 0 Å². The van der Waals surface area contributed by atoms with Crippen LogP contribution in [0, 0.1) is 6.92 Å². The van der Waals surface area contributed by atoms with Crippen molar-refractivity contribution in [1.82, 2.24) is 5.32 Å². The highest BCUT2D eigenvalue weighted by Gasteiger charge is 2.14. The zero-order valence-corrected chi connectivity index (χ0v) is 15.3. The van der Waals surface area contributed by atoms with Gasteiger partial charge in [-0.3, -0.25) is 0 Å². The Morgan fingerprint density at radius 2 is 1.80 bits per heavy atom. The first-order valence-electron chi connectivity index (χ1n) is 7.90. The van der Waals surface area contributed by atoms with Crippen molar-refractivity contribution in [3.05, 3.63) is 59.2 Å². The first-order valence-corrected chi connectivity index (χ1v) is 7.90. The molecule has 2 aromatic carbocycles. The molecule has 0 fully saturated rings. The van der Waals surface area contributed by atoms with Crippen LogP contribution in [0.2, 0.25) is 0 Å². The molecule has 2 aromatic rings. The van der Waals surface area contributed by atoms with Crippen LogP contribution in [-0.2, 0) is 0 Å². The number of hydrogen-bond donors (Lipinski definition) is 3. The average molecular weight is 366 g/mol. The predicted molar refractivity (Wildman–Crippen MR) is 99.6 cm³/mol. The van der Waals surface area contributed by atoms with E-state index in [4.69, 9.17) is 4.74 Å². The van der Waals surface area contributed by atoms with Gasteiger partial charge in [0.2, 0.25) is 0 Å². The number of halogens is 1. The third-order valence-electron chi connectivity index (χ3n) is 3.58. The summed E-state index contributed by atoms with van der Waals surface area (Å²) in [7, 11) is 0. The van der Waals surface area contributed by atoms with E-state index in [1.807, 2.05) is 32.9 Å². The van der Waals surface area contributed by atoms with E-state index in [0.29, 0.717) is 17.7 Å². The summed E-state index contributed by atoms with van der Waals surface area (Å²) in [5, 5.41) is 23.3. The first-order chi connectivity index (χ1) is 11.4. The number of nitrogens with one attached hydrogen (secondary N) is 1. The van der Waals surface area contributed by atoms with Gasteiger partial charge < -0.3 is 20.3 Å². The summed E-state index contributed by atoms with van der Waals surface area (Å²) in [6.07, 6.45) is -0.750. The number of phenolic OH excluding ortho intramolecular Hbond substituents is 1. The van der Waals surface area contributed by atoms with E-state index >= 15 is 0 Å². The zero-order chi connectivity index (χ0) is 17.7. The lowest BCUT2D eigenvalue weighted by molar-refractivity contribution is 0.0729. The molecule has 0 aliphatic rings. The van der Waals surface area contributed by atoms with Crippen molar-refractivity contribution >= 4 is 18.4 Å². The van der Waals surface area contributed by atoms with Crippen molar-refractivity contribution < 1.29 is 19.7 Å². The van der Waals surface area contributed by atoms with E-state index in [2.05, 4.69) is 5.32 Å². The Balaban J connectivity index is 0.00000312. The summed E-state index contributed by atoms with van der Waals surface area (Å²) in [4.78, 5) is 12.1. The lowest BCUT2D eigenvalue weighted by Gasteiger charge is -2.15. The zero-order valence-electron chi connectivity index (χ0n) is 14.5. The number of aliphatic hydroxyl groups is 1. The smallest absolute Gasteiger partial charge is 0.343 e. The number of hydrogen-bond acceptors (Lipinski definition) is 5. The molecule has 0 heterocycles. The minimum atomic E-state index is -0.750. The second kappa shape index (κ2) is 9.42. The highest BCUT2D eigenvalue weighted by molar-refractivity contribution is 5.91. The van der Waals surface area contributed by atoms with Crippen LogP contribution in [0.5, 0.6) is 11.5 Å². The van der Waals surface area contributed by atoms with E-state index in [0.717, 1.165) is 5.56 Å². The molecule has 5 nitrogen and oxygen atoms in total. The molecule has 0 spiro atoms. The van der Waals surface area contributed by atoms with Crippen molar-refractivity contribution in [3.63, 3.8) is 0 Å². The Labute approximate surface area is 154 Å². The quantitative estimate of drug-likeness (QED) is 0.540. The molecule has 3 N–H and O–H groups in total. The van der Waals surface area contributed by atoms with Gasteiger partial charge in [0.15, 0.2) is 11.5 Å². The molecule has 1 unspecified atom stereocenters. The molecule has 0 aliphatic heterocycles. The summed E-state index contributed by atoms with van der Waals surface area (Å²) < 4.78 is 5.22. The van der Waals surface area contributed by atoms with E-state index in [-0.39, 0.29) is 29.9 Å². The lowest BCUT2D eigenvalue weighted by Crippen LogP contribution is -2.27. The van der Waals surface area contributed by atoms with Gasteiger partial charge in [0.25, 0.3) is 0 Å². The number of carbonyl (C=O) groups is 1. The Bertz CT molecular complexity index is 701. The highest BCUT2D eigenvalue weighted by atomic mass is 35.5. The minimum absolute atomic E-state index is 0. The summed E-state index contributed by atoms with van der Waals surface area (Å²) in [5.74, 6) is -0.662. The number of carbonyl (C=O) groups excluding carboxylic acids is 1. The van der Waals surface area contributed by atoms with Crippen molar-refractivity contribution in [2.75, 3.05) is 6.54 Å². The fourth-order valence-electron chi connectivity index (χ4n) is 2.14. The highest BCUT2D eigenvalue weighted by Crippen LogP contribution is 2.30. The molecular weight excluding hydrogens is 342 g/mol. The van der Waals surface area contributed by atoms with Crippen molar-refractivity contribution in [3.8, 4) is 11.5 Å². The van der Waals surface area contributed by atoms with E-state index < -0.39 is 12.1 Å². The number of phenols is 1. The molecule has 6 heteroatoms. The van der Waals surface area contributed by atoms with E-state index in [1.165, 1.54) is 12.1 Å². The van der Waals surface area contributed by atoms with Crippen molar-refractivity contribution in [2.45, 2.75) is 32.9 Å². The molecular formula is C19H24ClNO4. The molecule has 0 saturated heterocycles. The molecule has 0 aromatic heterocycles. The first kappa shape index (κ1) is 21.0. The second-order valence-electron chi connectivity index (χ2n) is 6.06. The maximum absolute atomic E-state index is 12.1. The maximum Gasteiger partial charge on any atom is 0.343 e. The van der Waals surface area contributed by atoms with Gasteiger partial charge in [-0.25, -0.2) is 4.79 Å². The van der Waals surface area contributed by atoms with Crippen LogP contribution < -0.4 is 10.1 Å². The minimum Gasteiger partial charge on any atom is -0.504 e. The number of aryl methyl sites for hydroxylation is 1. The average Bonchev–Trinajstić information content (AvgIpc) is 2.55. The number of aliphatic hydroxyl groups excluding tert-OH is 1. The normalized spacial score (nSPS) is 11.7. The predicted octanol–water partition coefficient (Wildman–Crippen LogP) is 3.37. The third-order valence-corrected chi connectivity index (χ3v) is 3.58. The summed E-state index contributed by atoms with van der Waals surface area (Å²) in [6.45, 7) is 6.27.